The van der Waals surface area contributed by atoms with Gasteiger partial charge in [0, 0.05) is 11.6 Å². The molecule has 0 saturated carbocycles. The molecule has 1 heterocycles. The van der Waals surface area contributed by atoms with Crippen LogP contribution in [0.25, 0.3) is 0 Å². The average molecular weight is 306 g/mol. The molecular weight excluding hydrogens is 292 g/mol. The van der Waals surface area contributed by atoms with E-state index in [1.807, 2.05) is 0 Å². The maximum absolute atomic E-state index is 11.6. The molecule has 1 aromatic heterocycles. The summed E-state index contributed by atoms with van der Waals surface area (Å²) in [4.78, 5) is 26.7. The van der Waals surface area contributed by atoms with Gasteiger partial charge in [0.05, 0.1) is 19.2 Å². The highest BCUT2D eigenvalue weighted by Gasteiger charge is 2.24. The molecule has 1 aromatic rings. The number of anilines is 1. The standard InChI is InChI=1S/C10H14N2O5S2/c1-6(19(3,15)16)9(14)12-10-11-7(5-18-10)4-8(13)17-2/h5-6H,4H2,1-3H3,(H,11,12,14). The largest absolute Gasteiger partial charge is 0.469 e. The highest BCUT2D eigenvalue weighted by molar-refractivity contribution is 7.92. The molecule has 0 fully saturated rings. The molecule has 0 radical (unpaired) electrons. The minimum absolute atomic E-state index is 0.00446. The lowest BCUT2D eigenvalue weighted by Crippen LogP contribution is -2.31. The molecule has 0 bridgehead atoms. The van der Waals surface area contributed by atoms with Gasteiger partial charge in [0.1, 0.15) is 5.25 Å². The Kier molecular flexibility index (Phi) is 5.01. The first kappa shape index (κ1) is 15.6. The molecule has 0 aliphatic heterocycles. The number of carbonyl (C=O) groups is 2. The molecule has 0 aliphatic rings. The molecule has 0 aliphatic carbocycles. The van der Waals surface area contributed by atoms with Crippen LogP contribution in [-0.4, -0.2) is 43.9 Å². The highest BCUT2D eigenvalue weighted by Crippen LogP contribution is 2.17. The van der Waals surface area contributed by atoms with E-state index in [0.29, 0.717) is 5.69 Å². The van der Waals surface area contributed by atoms with Gasteiger partial charge in [0.15, 0.2) is 15.0 Å². The van der Waals surface area contributed by atoms with E-state index in [1.54, 1.807) is 5.38 Å². The van der Waals surface area contributed by atoms with Crippen LogP contribution >= 0.6 is 11.3 Å². The average Bonchev–Trinajstić information content (AvgIpc) is 2.73. The van der Waals surface area contributed by atoms with Gasteiger partial charge in [-0.05, 0) is 6.92 Å². The number of amides is 1. The lowest BCUT2D eigenvalue weighted by Gasteiger charge is -2.07. The summed E-state index contributed by atoms with van der Waals surface area (Å²) >= 11 is 1.11. The topological polar surface area (TPSA) is 102 Å². The second kappa shape index (κ2) is 6.11. The van der Waals surface area contributed by atoms with Crippen LogP contribution in [-0.2, 0) is 30.6 Å². The third-order valence-corrected chi connectivity index (χ3v) is 4.65. The first-order chi connectivity index (χ1) is 8.74. The minimum atomic E-state index is -3.45. The second-order valence-electron chi connectivity index (χ2n) is 3.86. The van der Waals surface area contributed by atoms with E-state index in [9.17, 15) is 18.0 Å². The zero-order chi connectivity index (χ0) is 14.6. The van der Waals surface area contributed by atoms with Crippen molar-refractivity contribution in [3.8, 4) is 0 Å². The minimum Gasteiger partial charge on any atom is -0.469 e. The first-order valence-corrected chi connectivity index (χ1v) is 8.08. The van der Waals surface area contributed by atoms with Gasteiger partial charge in [-0.25, -0.2) is 13.4 Å². The van der Waals surface area contributed by atoms with Gasteiger partial charge in [-0.3, -0.25) is 9.59 Å². The number of nitrogens with one attached hydrogen (secondary N) is 1. The number of sulfone groups is 1. The van der Waals surface area contributed by atoms with Crippen molar-refractivity contribution >= 4 is 38.2 Å². The van der Waals surface area contributed by atoms with Crippen molar-refractivity contribution in [3.63, 3.8) is 0 Å². The molecule has 106 valence electrons. The number of aromatic nitrogens is 1. The summed E-state index contributed by atoms with van der Waals surface area (Å²) in [5.41, 5.74) is 0.458. The third-order valence-electron chi connectivity index (χ3n) is 2.35. The number of thiazole rings is 1. The van der Waals surface area contributed by atoms with E-state index < -0.39 is 27.0 Å². The number of hydrogen-bond donors (Lipinski definition) is 1. The molecule has 9 heteroatoms. The lowest BCUT2D eigenvalue weighted by molar-refractivity contribution is -0.139. The number of nitrogens with zero attached hydrogens (tertiary/aromatic N) is 1. The van der Waals surface area contributed by atoms with Crippen LogP contribution in [0, 0.1) is 0 Å². The van der Waals surface area contributed by atoms with Crippen LogP contribution in [0.4, 0.5) is 5.13 Å². The number of ether oxygens (including phenoxy) is 1. The van der Waals surface area contributed by atoms with Crippen molar-refractivity contribution in [2.45, 2.75) is 18.6 Å². The van der Waals surface area contributed by atoms with Crippen molar-refractivity contribution < 1.29 is 22.7 Å². The normalized spacial score (nSPS) is 12.8. The third kappa shape index (κ3) is 4.60. The van der Waals surface area contributed by atoms with Crippen molar-refractivity contribution in [1.82, 2.24) is 4.98 Å². The maximum atomic E-state index is 11.6. The van der Waals surface area contributed by atoms with E-state index in [-0.39, 0.29) is 11.6 Å². The van der Waals surface area contributed by atoms with Gasteiger partial charge in [-0.1, -0.05) is 0 Å². The highest BCUT2D eigenvalue weighted by atomic mass is 32.2. The molecule has 1 amide bonds. The number of methoxy groups -OCH3 is 1. The number of hydrogen-bond acceptors (Lipinski definition) is 7. The Morgan fingerprint density at radius 1 is 1.53 bits per heavy atom. The summed E-state index contributed by atoms with van der Waals surface area (Å²) in [7, 11) is -2.18. The Balaban J connectivity index is 2.69. The number of carbonyl (C=O) groups excluding carboxylic acids is 2. The Bertz CT molecular complexity index is 578. The summed E-state index contributed by atoms with van der Waals surface area (Å²) in [5, 5.41) is 3.09. The van der Waals surface area contributed by atoms with Gasteiger partial charge < -0.3 is 10.1 Å². The van der Waals surface area contributed by atoms with E-state index in [0.717, 1.165) is 17.6 Å². The zero-order valence-electron chi connectivity index (χ0n) is 10.7. The second-order valence-corrected chi connectivity index (χ2v) is 7.08. The van der Waals surface area contributed by atoms with E-state index in [1.165, 1.54) is 14.0 Å². The molecule has 1 N–H and O–H groups in total. The van der Waals surface area contributed by atoms with Gasteiger partial charge in [0.25, 0.3) is 0 Å². The fourth-order valence-corrected chi connectivity index (χ4v) is 2.23. The molecule has 7 nitrogen and oxygen atoms in total. The zero-order valence-corrected chi connectivity index (χ0v) is 12.3. The van der Waals surface area contributed by atoms with Gasteiger partial charge in [-0.2, -0.15) is 0 Å². The van der Waals surface area contributed by atoms with Gasteiger partial charge >= 0.3 is 5.97 Å². The predicted molar refractivity (Wildman–Crippen MR) is 70.8 cm³/mol. The Morgan fingerprint density at radius 2 is 2.16 bits per heavy atom. The smallest absolute Gasteiger partial charge is 0.311 e. The fraction of sp³-hybridized carbons (Fsp3) is 0.500. The Labute approximate surface area is 114 Å². The van der Waals surface area contributed by atoms with Crippen LogP contribution < -0.4 is 5.32 Å². The summed E-state index contributed by atoms with van der Waals surface area (Å²) in [5.74, 6) is -1.09. The maximum Gasteiger partial charge on any atom is 0.311 e. The lowest BCUT2D eigenvalue weighted by atomic mass is 10.3. The molecule has 0 spiro atoms. The number of esters is 1. The van der Waals surface area contributed by atoms with E-state index >= 15 is 0 Å². The van der Waals surface area contributed by atoms with Crippen LogP contribution in [0.3, 0.4) is 0 Å². The molecule has 0 aromatic carbocycles. The molecule has 19 heavy (non-hydrogen) atoms. The van der Waals surface area contributed by atoms with Crippen LogP contribution in [0.15, 0.2) is 5.38 Å². The van der Waals surface area contributed by atoms with Crippen LogP contribution in [0.1, 0.15) is 12.6 Å². The van der Waals surface area contributed by atoms with Gasteiger partial charge in [-0.15, -0.1) is 11.3 Å². The van der Waals surface area contributed by atoms with Crippen molar-refractivity contribution in [3.05, 3.63) is 11.1 Å². The quantitative estimate of drug-likeness (QED) is 0.781. The summed E-state index contributed by atoms with van der Waals surface area (Å²) in [6.45, 7) is 1.30. The van der Waals surface area contributed by atoms with Crippen molar-refractivity contribution in [2.75, 3.05) is 18.7 Å². The molecule has 1 atom stereocenters. The molecule has 0 saturated heterocycles. The summed E-state index contributed by atoms with van der Waals surface area (Å²) in [6.07, 6.45) is 0.992. The molecule has 1 unspecified atom stereocenters. The molecular formula is C10H14N2O5S2. The van der Waals surface area contributed by atoms with E-state index in [2.05, 4.69) is 15.0 Å². The van der Waals surface area contributed by atoms with E-state index in [4.69, 9.17) is 0 Å². The molecule has 1 rings (SSSR count). The predicted octanol–water partition coefficient (Wildman–Crippen LogP) is 0.230. The van der Waals surface area contributed by atoms with Crippen molar-refractivity contribution in [1.29, 1.82) is 0 Å². The monoisotopic (exact) mass is 306 g/mol. The fourth-order valence-electron chi connectivity index (χ4n) is 1.07. The van der Waals surface area contributed by atoms with Gasteiger partial charge in [0.2, 0.25) is 5.91 Å². The van der Waals surface area contributed by atoms with Crippen molar-refractivity contribution in [2.24, 2.45) is 0 Å². The first-order valence-electron chi connectivity index (χ1n) is 5.25. The summed E-state index contributed by atoms with van der Waals surface area (Å²) in [6, 6.07) is 0. The number of rotatable bonds is 5. The summed E-state index contributed by atoms with van der Waals surface area (Å²) < 4.78 is 26.9. The Hall–Kier alpha value is -1.48. The van der Waals surface area contributed by atoms with Crippen LogP contribution in [0.2, 0.25) is 0 Å². The SMILES string of the molecule is COC(=O)Cc1csc(NC(=O)C(C)S(C)(=O)=O)n1. The van der Waals surface area contributed by atoms with Crippen LogP contribution in [0.5, 0.6) is 0 Å². The Morgan fingerprint density at radius 3 is 2.68 bits per heavy atom.